The quantitative estimate of drug-likeness (QED) is 0.622. The van der Waals surface area contributed by atoms with Crippen LogP contribution in [0.15, 0.2) is 48.0 Å². The fourth-order valence-corrected chi connectivity index (χ4v) is 4.11. The lowest BCUT2D eigenvalue weighted by Gasteiger charge is -1.88. The monoisotopic (exact) mass is 263 g/mol. The molecule has 1 aromatic heterocycles. The minimum atomic E-state index is 0.437. The molecule has 0 radical (unpaired) electrons. The van der Waals surface area contributed by atoms with E-state index in [4.69, 9.17) is 5.41 Å². The average Bonchev–Trinajstić information content (AvgIpc) is 3.00. The predicted molar refractivity (Wildman–Crippen MR) is 83.7 cm³/mol. The third-order valence-electron chi connectivity index (χ3n) is 3.84. The fourth-order valence-electron chi connectivity index (χ4n) is 2.81. The van der Waals surface area contributed by atoms with Gasteiger partial charge < -0.3 is 5.41 Å². The Morgan fingerprint density at radius 3 is 2.84 bits per heavy atom. The maximum absolute atomic E-state index is 7.30. The van der Waals surface area contributed by atoms with Crippen LogP contribution in [0.4, 0.5) is 0 Å². The molecule has 1 nitrogen and oxygen atoms in total. The van der Waals surface area contributed by atoms with E-state index >= 15 is 0 Å². The number of fused-ring (bicyclic) bond motifs is 5. The summed E-state index contributed by atoms with van der Waals surface area (Å²) in [7, 11) is 0. The first-order valence-electron chi connectivity index (χ1n) is 6.42. The summed E-state index contributed by atoms with van der Waals surface area (Å²) in [6.07, 6.45) is 3.63. The second kappa shape index (κ2) is 3.78. The van der Waals surface area contributed by atoms with Gasteiger partial charge in [-0.25, -0.2) is 0 Å². The van der Waals surface area contributed by atoms with Crippen molar-refractivity contribution in [2.45, 2.75) is 12.8 Å². The van der Waals surface area contributed by atoms with Crippen LogP contribution in [0.2, 0.25) is 0 Å². The second-order valence-corrected chi connectivity index (χ2v) is 6.13. The van der Waals surface area contributed by atoms with Gasteiger partial charge in [0.15, 0.2) is 0 Å². The highest BCUT2D eigenvalue weighted by molar-refractivity contribution is 7.26. The van der Waals surface area contributed by atoms with Gasteiger partial charge in [-0.1, -0.05) is 36.4 Å². The van der Waals surface area contributed by atoms with Gasteiger partial charge in [0.25, 0.3) is 0 Å². The van der Waals surface area contributed by atoms with Crippen LogP contribution in [0.25, 0.3) is 20.2 Å². The summed E-state index contributed by atoms with van der Waals surface area (Å²) >= 11 is 1.89. The van der Waals surface area contributed by atoms with Crippen LogP contribution in [0, 0.1) is 5.41 Å². The van der Waals surface area contributed by atoms with Crippen molar-refractivity contribution in [1.82, 2.24) is 0 Å². The second-order valence-electron chi connectivity index (χ2n) is 5.08. The van der Waals surface area contributed by atoms with Crippen LogP contribution in [0.5, 0.6) is 0 Å². The molecule has 3 aromatic rings. The van der Waals surface area contributed by atoms with Crippen molar-refractivity contribution in [3.8, 4) is 0 Å². The Kier molecular flexibility index (Phi) is 2.18. The smallest absolute Gasteiger partial charge is 0.0399 e. The van der Waals surface area contributed by atoms with E-state index < -0.39 is 0 Å². The van der Waals surface area contributed by atoms with Gasteiger partial charge >= 0.3 is 0 Å². The van der Waals surface area contributed by atoms with Crippen LogP contribution in [0.1, 0.15) is 24.0 Å². The molecule has 0 saturated heterocycles. The van der Waals surface area contributed by atoms with E-state index in [1.54, 1.807) is 0 Å². The van der Waals surface area contributed by atoms with Crippen molar-refractivity contribution >= 4 is 37.7 Å². The Hall–Kier alpha value is -1.93. The summed E-state index contributed by atoms with van der Waals surface area (Å²) in [5, 5.41) is 10.0. The van der Waals surface area contributed by atoms with Gasteiger partial charge in [-0.05, 0) is 29.7 Å². The summed E-state index contributed by atoms with van der Waals surface area (Å²) in [6.45, 7) is 1.99. The number of rotatable bonds is 2. The van der Waals surface area contributed by atoms with Crippen LogP contribution in [0.3, 0.4) is 0 Å². The summed E-state index contributed by atoms with van der Waals surface area (Å²) in [4.78, 5) is 0. The maximum Gasteiger partial charge on any atom is 0.0399 e. The van der Waals surface area contributed by atoms with E-state index in [0.717, 1.165) is 5.57 Å². The molecule has 1 aliphatic carbocycles. The molecule has 92 valence electrons. The highest BCUT2D eigenvalue weighted by Crippen LogP contribution is 2.52. The van der Waals surface area contributed by atoms with Gasteiger partial charge in [0.2, 0.25) is 0 Å². The van der Waals surface area contributed by atoms with Crippen LogP contribution in [-0.4, -0.2) is 6.21 Å². The number of thiophene rings is 1. The van der Waals surface area contributed by atoms with Gasteiger partial charge in [0.1, 0.15) is 0 Å². The van der Waals surface area contributed by atoms with E-state index in [0.29, 0.717) is 5.92 Å². The molecule has 1 N–H and O–H groups in total. The van der Waals surface area contributed by atoms with E-state index in [1.807, 2.05) is 18.3 Å². The highest BCUT2D eigenvalue weighted by Gasteiger charge is 2.33. The summed E-state index contributed by atoms with van der Waals surface area (Å²) in [5.74, 6) is 0.437. The molecule has 4 rings (SSSR count). The third kappa shape index (κ3) is 1.50. The van der Waals surface area contributed by atoms with Crippen LogP contribution in [-0.2, 0) is 0 Å². The van der Waals surface area contributed by atoms with Gasteiger partial charge in [0.05, 0.1) is 0 Å². The van der Waals surface area contributed by atoms with Crippen molar-refractivity contribution in [2.24, 2.45) is 0 Å². The molecule has 0 spiro atoms. The minimum absolute atomic E-state index is 0.437. The molecule has 0 amide bonds. The summed E-state index contributed by atoms with van der Waals surface area (Å²) < 4.78 is 2.79. The van der Waals surface area contributed by atoms with E-state index in [2.05, 4.69) is 42.5 Å². The summed E-state index contributed by atoms with van der Waals surface area (Å²) in [6, 6.07) is 13.1. The van der Waals surface area contributed by atoms with Gasteiger partial charge in [-0.15, -0.1) is 11.3 Å². The third-order valence-corrected chi connectivity index (χ3v) is 5.06. The Balaban J connectivity index is 1.96. The average molecular weight is 263 g/mol. The maximum atomic E-state index is 7.30. The van der Waals surface area contributed by atoms with Crippen LogP contribution >= 0.6 is 11.3 Å². The molecule has 19 heavy (non-hydrogen) atoms. The molecular weight excluding hydrogens is 250 g/mol. The number of nitrogens with one attached hydrogen (secondary N) is 1. The van der Waals surface area contributed by atoms with E-state index in [1.165, 1.54) is 37.5 Å². The Labute approximate surface area is 115 Å². The van der Waals surface area contributed by atoms with Crippen molar-refractivity contribution in [2.75, 3.05) is 0 Å². The molecule has 0 fully saturated rings. The molecule has 1 atom stereocenters. The molecule has 2 aromatic carbocycles. The standard InChI is InChI=1S/C17H13NS/c1-10(9-18)8-14-12-6-7-13-11-4-2-3-5-15(11)19-17(13)16(12)14/h2-9,14,18H,1H3/b10-8-,18-9?. The minimum Gasteiger partial charge on any atom is -0.308 e. The molecule has 1 heterocycles. The molecule has 1 unspecified atom stereocenters. The topological polar surface area (TPSA) is 23.9 Å². The largest absolute Gasteiger partial charge is 0.308 e. The number of hydrogen-bond acceptors (Lipinski definition) is 2. The van der Waals surface area contributed by atoms with Crippen molar-refractivity contribution in [1.29, 1.82) is 5.41 Å². The molecule has 2 heteroatoms. The molecular formula is C17H13NS. The number of hydrogen-bond donors (Lipinski definition) is 1. The zero-order valence-electron chi connectivity index (χ0n) is 10.6. The highest BCUT2D eigenvalue weighted by atomic mass is 32.1. The first-order valence-corrected chi connectivity index (χ1v) is 7.24. The SMILES string of the molecule is C/C(C=N)=C/C1c2ccc3c(sc4ccccc43)c21. The first-order chi connectivity index (χ1) is 9.29. The first kappa shape index (κ1) is 10.9. The zero-order valence-corrected chi connectivity index (χ0v) is 11.4. The molecule has 0 bridgehead atoms. The van der Waals surface area contributed by atoms with Crippen molar-refractivity contribution in [3.63, 3.8) is 0 Å². The normalized spacial score (nSPS) is 17.7. The molecule has 0 saturated carbocycles. The zero-order chi connectivity index (χ0) is 13.0. The van der Waals surface area contributed by atoms with Crippen molar-refractivity contribution < 1.29 is 0 Å². The fraction of sp³-hybridized carbons (Fsp3) is 0.118. The van der Waals surface area contributed by atoms with Gasteiger partial charge in [-0.2, -0.15) is 0 Å². The van der Waals surface area contributed by atoms with E-state index in [-0.39, 0.29) is 0 Å². The molecule has 0 aliphatic heterocycles. The van der Waals surface area contributed by atoms with Gasteiger partial charge in [0, 0.05) is 32.3 Å². The van der Waals surface area contributed by atoms with E-state index in [9.17, 15) is 0 Å². The lowest BCUT2D eigenvalue weighted by atomic mass is 10.1. The Morgan fingerprint density at radius 1 is 1.16 bits per heavy atom. The lowest BCUT2D eigenvalue weighted by Crippen LogP contribution is -1.75. The van der Waals surface area contributed by atoms with Crippen molar-refractivity contribution in [3.05, 3.63) is 59.2 Å². The number of benzene rings is 2. The Morgan fingerprint density at radius 2 is 2.00 bits per heavy atom. The molecule has 1 aliphatic rings. The van der Waals surface area contributed by atoms with Crippen LogP contribution < -0.4 is 0 Å². The van der Waals surface area contributed by atoms with Gasteiger partial charge in [-0.3, -0.25) is 0 Å². The Bertz CT molecular complexity index is 854. The number of allylic oxidation sites excluding steroid dienone is 2. The predicted octanol–water partition coefficient (Wildman–Crippen LogP) is 5.10. The summed E-state index contributed by atoms with van der Waals surface area (Å²) in [5.41, 5.74) is 3.94. The lowest BCUT2D eigenvalue weighted by molar-refractivity contribution is 1.28.